The first-order valence-corrected chi connectivity index (χ1v) is 11.0. The predicted octanol–water partition coefficient (Wildman–Crippen LogP) is 2.77. The number of nitrogens with zero attached hydrogens (tertiary/aromatic N) is 4. The van der Waals surface area contributed by atoms with Gasteiger partial charge in [0.05, 0.1) is 25.0 Å². The topological polar surface area (TPSA) is 59.8 Å². The molecule has 0 radical (unpaired) electrons. The molecule has 2 atom stereocenters. The Morgan fingerprint density at radius 3 is 2.52 bits per heavy atom. The Hall–Kier alpha value is -1.03. The van der Waals surface area contributed by atoms with E-state index in [1.807, 2.05) is 37.3 Å². The van der Waals surface area contributed by atoms with Crippen molar-refractivity contribution >= 4 is 29.5 Å². The Morgan fingerprint density at radius 1 is 1.30 bits per heavy atom. The lowest BCUT2D eigenvalue weighted by atomic mass is 9.95. The number of morpholine rings is 1. The van der Waals surface area contributed by atoms with Crippen molar-refractivity contribution in [3.05, 3.63) is 3.95 Å². The Labute approximate surface area is 170 Å². The molecule has 0 aromatic carbocycles. The molecule has 2 saturated heterocycles. The Morgan fingerprint density at radius 2 is 1.93 bits per heavy atom. The molecular weight excluding hydrogens is 384 g/mol. The molecule has 0 spiro atoms. The molecule has 1 amide bonds. The second-order valence-electron chi connectivity index (χ2n) is 7.83. The smallest absolute Gasteiger partial charge is 0.293 e. The molecule has 2 aliphatic rings. The van der Waals surface area contributed by atoms with Crippen LogP contribution in [0.15, 0.2) is 0 Å². The number of piperidine rings is 1. The standard InChI is InChI=1S/C18H30N4O3S2/c1-12(2)24-17-19-22(18(26)27-17)11-20-7-5-15(6-8-20)16(23)21-9-13(3)25-14(4)10-21/h12-15H,5-11H2,1-4H3. The average Bonchev–Trinajstić information content (AvgIpc) is 2.92. The highest BCUT2D eigenvalue weighted by Gasteiger charge is 2.32. The molecule has 3 rings (SSSR count). The van der Waals surface area contributed by atoms with Crippen molar-refractivity contribution in [3.8, 4) is 5.19 Å². The number of carbonyl (C=O) groups is 1. The third-order valence-corrected chi connectivity index (χ3v) is 6.12. The normalized spacial score (nSPS) is 25.1. The zero-order chi connectivity index (χ0) is 19.6. The molecule has 1 aromatic rings. The van der Waals surface area contributed by atoms with E-state index in [1.54, 1.807) is 0 Å². The van der Waals surface area contributed by atoms with Gasteiger partial charge in [0, 0.05) is 32.1 Å². The third kappa shape index (κ3) is 5.49. The number of rotatable bonds is 5. The van der Waals surface area contributed by atoms with Crippen LogP contribution in [0.2, 0.25) is 0 Å². The summed E-state index contributed by atoms with van der Waals surface area (Å²) < 4.78 is 13.9. The Balaban J connectivity index is 1.51. The highest BCUT2D eigenvalue weighted by Crippen LogP contribution is 2.24. The van der Waals surface area contributed by atoms with E-state index < -0.39 is 0 Å². The molecule has 9 heteroatoms. The minimum atomic E-state index is 0.0892. The van der Waals surface area contributed by atoms with Gasteiger partial charge in [-0.1, -0.05) is 0 Å². The molecule has 0 aliphatic carbocycles. The molecule has 2 unspecified atom stereocenters. The fourth-order valence-corrected chi connectivity index (χ4v) is 4.80. The molecule has 7 nitrogen and oxygen atoms in total. The molecule has 0 N–H and O–H groups in total. The minimum absolute atomic E-state index is 0.0892. The largest absolute Gasteiger partial charge is 0.466 e. The third-order valence-electron chi connectivity index (χ3n) is 4.93. The fourth-order valence-electron chi connectivity index (χ4n) is 3.75. The van der Waals surface area contributed by atoms with Gasteiger partial charge in [-0.2, -0.15) is 0 Å². The lowest BCUT2D eigenvalue weighted by Crippen LogP contribution is -2.51. The summed E-state index contributed by atoms with van der Waals surface area (Å²) in [5, 5.41) is 5.09. The van der Waals surface area contributed by atoms with Gasteiger partial charge in [0.15, 0.2) is 3.95 Å². The van der Waals surface area contributed by atoms with Crippen LogP contribution in [0.5, 0.6) is 5.19 Å². The van der Waals surface area contributed by atoms with Gasteiger partial charge in [-0.15, -0.1) is 5.10 Å². The van der Waals surface area contributed by atoms with E-state index in [2.05, 4.69) is 10.00 Å². The summed E-state index contributed by atoms with van der Waals surface area (Å²) in [7, 11) is 0. The van der Waals surface area contributed by atoms with Gasteiger partial charge in [0.25, 0.3) is 5.19 Å². The molecule has 2 aliphatic heterocycles. The summed E-state index contributed by atoms with van der Waals surface area (Å²) in [6.07, 6.45) is 2.09. The monoisotopic (exact) mass is 414 g/mol. The summed E-state index contributed by atoms with van der Waals surface area (Å²) in [6, 6.07) is 0. The van der Waals surface area contributed by atoms with Crippen LogP contribution in [0.3, 0.4) is 0 Å². The molecule has 152 valence electrons. The summed E-state index contributed by atoms with van der Waals surface area (Å²) >= 11 is 6.81. The fraction of sp³-hybridized carbons (Fsp3) is 0.833. The van der Waals surface area contributed by atoms with E-state index in [4.69, 9.17) is 21.7 Å². The molecular formula is C18H30N4O3S2. The number of hydrogen-bond donors (Lipinski definition) is 0. The van der Waals surface area contributed by atoms with Crippen molar-refractivity contribution in [2.24, 2.45) is 5.92 Å². The van der Waals surface area contributed by atoms with Crippen molar-refractivity contribution in [2.75, 3.05) is 26.2 Å². The van der Waals surface area contributed by atoms with Crippen LogP contribution in [0.4, 0.5) is 0 Å². The van der Waals surface area contributed by atoms with Crippen LogP contribution in [-0.4, -0.2) is 70.0 Å². The average molecular weight is 415 g/mol. The number of ether oxygens (including phenoxy) is 2. The zero-order valence-electron chi connectivity index (χ0n) is 16.6. The minimum Gasteiger partial charge on any atom is -0.466 e. The SMILES string of the molecule is CC(C)Oc1nn(CN2CCC(C(=O)N3CC(C)OC(C)C3)CC2)c(=S)s1. The zero-order valence-corrected chi connectivity index (χ0v) is 18.2. The highest BCUT2D eigenvalue weighted by atomic mass is 32.1. The first-order valence-electron chi connectivity index (χ1n) is 9.73. The van der Waals surface area contributed by atoms with Gasteiger partial charge in [-0.05, 0) is 64.1 Å². The maximum absolute atomic E-state index is 12.9. The molecule has 2 fully saturated rings. The van der Waals surface area contributed by atoms with Crippen molar-refractivity contribution < 1.29 is 14.3 Å². The van der Waals surface area contributed by atoms with E-state index in [0.29, 0.717) is 25.0 Å². The maximum atomic E-state index is 12.9. The summed E-state index contributed by atoms with van der Waals surface area (Å²) in [5.74, 6) is 0.400. The van der Waals surface area contributed by atoms with Crippen LogP contribution in [0.1, 0.15) is 40.5 Å². The van der Waals surface area contributed by atoms with Crippen molar-refractivity contribution in [1.29, 1.82) is 0 Å². The maximum Gasteiger partial charge on any atom is 0.293 e. The number of carbonyl (C=O) groups excluding carboxylic acids is 1. The second-order valence-corrected chi connectivity index (χ2v) is 9.42. The van der Waals surface area contributed by atoms with E-state index >= 15 is 0 Å². The van der Waals surface area contributed by atoms with Gasteiger partial charge in [0.1, 0.15) is 0 Å². The number of hydrogen-bond acceptors (Lipinski definition) is 7. The van der Waals surface area contributed by atoms with E-state index in [-0.39, 0.29) is 30.1 Å². The van der Waals surface area contributed by atoms with Gasteiger partial charge in [-0.25, -0.2) is 4.68 Å². The van der Waals surface area contributed by atoms with Crippen molar-refractivity contribution in [2.45, 2.75) is 65.5 Å². The number of likely N-dealkylation sites (tertiary alicyclic amines) is 1. The molecule has 0 saturated carbocycles. The lowest BCUT2D eigenvalue weighted by Gasteiger charge is -2.39. The van der Waals surface area contributed by atoms with Crippen LogP contribution in [0, 0.1) is 9.87 Å². The van der Waals surface area contributed by atoms with Gasteiger partial charge >= 0.3 is 0 Å². The predicted molar refractivity (Wildman–Crippen MR) is 108 cm³/mol. The summed E-state index contributed by atoms with van der Waals surface area (Å²) in [6.45, 7) is 11.9. The number of amides is 1. The van der Waals surface area contributed by atoms with E-state index in [1.165, 1.54) is 11.3 Å². The molecule has 0 bridgehead atoms. The Bertz CT molecular complexity index is 687. The van der Waals surface area contributed by atoms with Crippen LogP contribution in [0.25, 0.3) is 0 Å². The van der Waals surface area contributed by atoms with Crippen molar-refractivity contribution in [1.82, 2.24) is 19.6 Å². The molecule has 3 heterocycles. The van der Waals surface area contributed by atoms with Gasteiger partial charge in [0.2, 0.25) is 5.91 Å². The van der Waals surface area contributed by atoms with Crippen LogP contribution >= 0.6 is 23.6 Å². The number of aromatic nitrogens is 2. The van der Waals surface area contributed by atoms with Crippen LogP contribution < -0.4 is 4.74 Å². The van der Waals surface area contributed by atoms with E-state index in [0.717, 1.165) is 29.9 Å². The second kappa shape index (κ2) is 8.98. The highest BCUT2D eigenvalue weighted by molar-refractivity contribution is 7.73. The quantitative estimate of drug-likeness (QED) is 0.691. The van der Waals surface area contributed by atoms with Crippen molar-refractivity contribution in [3.63, 3.8) is 0 Å². The van der Waals surface area contributed by atoms with Crippen LogP contribution in [-0.2, 0) is 16.2 Å². The summed E-state index contributed by atoms with van der Waals surface area (Å²) in [4.78, 5) is 17.2. The molecule has 27 heavy (non-hydrogen) atoms. The van der Waals surface area contributed by atoms with Gasteiger partial charge < -0.3 is 14.4 Å². The van der Waals surface area contributed by atoms with Gasteiger partial charge in [-0.3, -0.25) is 9.69 Å². The first-order chi connectivity index (χ1) is 12.8. The first kappa shape index (κ1) is 20.7. The molecule has 1 aromatic heterocycles. The Kier molecular flexibility index (Phi) is 6.88. The van der Waals surface area contributed by atoms with E-state index in [9.17, 15) is 4.79 Å². The lowest BCUT2D eigenvalue weighted by molar-refractivity contribution is -0.149. The summed E-state index contributed by atoms with van der Waals surface area (Å²) in [5.41, 5.74) is 0.